The highest BCUT2D eigenvalue weighted by atomic mass is 15.6. The summed E-state index contributed by atoms with van der Waals surface area (Å²) in [4.78, 5) is 2.16. The van der Waals surface area contributed by atoms with Gasteiger partial charge >= 0.3 is 0 Å². The van der Waals surface area contributed by atoms with Crippen LogP contribution >= 0.6 is 0 Å². The zero-order valence-corrected chi connectivity index (χ0v) is 10.3. The highest BCUT2D eigenvalue weighted by Crippen LogP contribution is 2.29. The highest BCUT2D eigenvalue weighted by molar-refractivity contribution is 5.57. The fourth-order valence-electron chi connectivity index (χ4n) is 2.71. The molecule has 1 saturated heterocycles. The lowest BCUT2D eigenvalue weighted by molar-refractivity contribution is 0.152. The second kappa shape index (κ2) is 4.49. The van der Waals surface area contributed by atoms with Crippen molar-refractivity contribution >= 4 is 5.69 Å². The Bertz CT molecular complexity index is 436. The predicted molar refractivity (Wildman–Crippen MR) is 71.3 cm³/mol. The van der Waals surface area contributed by atoms with E-state index in [4.69, 9.17) is 11.5 Å². The van der Waals surface area contributed by atoms with Gasteiger partial charge in [-0.1, -0.05) is 18.2 Å². The van der Waals surface area contributed by atoms with Crippen molar-refractivity contribution in [3.8, 4) is 0 Å². The standard InChI is InChI=1S/C12H20N6/c13-11-15-8-16-12(14,17-11)18-7-3-5-9-4-1-2-6-10(9)18/h1-2,4,6,11,15-17H,3,5,7-8,13-14H2. The second-order valence-electron chi connectivity index (χ2n) is 4.83. The minimum Gasteiger partial charge on any atom is -0.328 e. The molecule has 2 heterocycles. The quantitative estimate of drug-likeness (QED) is 0.437. The minimum atomic E-state index is -0.790. The fourth-order valence-corrected chi connectivity index (χ4v) is 2.71. The molecule has 1 aromatic carbocycles. The van der Waals surface area contributed by atoms with Gasteiger partial charge in [0.2, 0.25) is 5.91 Å². The van der Waals surface area contributed by atoms with Crippen molar-refractivity contribution in [2.24, 2.45) is 11.5 Å². The number of rotatable bonds is 1. The summed E-state index contributed by atoms with van der Waals surface area (Å²) in [6.45, 7) is 1.50. The van der Waals surface area contributed by atoms with Crippen molar-refractivity contribution < 1.29 is 0 Å². The monoisotopic (exact) mass is 248 g/mol. The number of anilines is 1. The first-order valence-corrected chi connectivity index (χ1v) is 6.35. The van der Waals surface area contributed by atoms with Crippen LogP contribution in [0.5, 0.6) is 0 Å². The third kappa shape index (κ3) is 1.98. The number of benzene rings is 1. The second-order valence-corrected chi connectivity index (χ2v) is 4.83. The van der Waals surface area contributed by atoms with Gasteiger partial charge in [-0.05, 0) is 24.5 Å². The van der Waals surface area contributed by atoms with Gasteiger partial charge in [0.05, 0.1) is 6.67 Å². The molecule has 2 unspecified atom stereocenters. The van der Waals surface area contributed by atoms with Gasteiger partial charge < -0.3 is 10.6 Å². The van der Waals surface area contributed by atoms with Gasteiger partial charge in [-0.15, -0.1) is 0 Å². The van der Waals surface area contributed by atoms with Gasteiger partial charge in [0, 0.05) is 12.2 Å². The molecule has 0 bridgehead atoms. The van der Waals surface area contributed by atoms with Crippen molar-refractivity contribution in [3.63, 3.8) is 0 Å². The smallest absolute Gasteiger partial charge is 0.206 e. The first-order chi connectivity index (χ1) is 8.69. The molecule has 98 valence electrons. The number of hydrogen-bond acceptors (Lipinski definition) is 6. The molecule has 6 nitrogen and oxygen atoms in total. The van der Waals surface area contributed by atoms with E-state index < -0.39 is 5.91 Å². The largest absolute Gasteiger partial charge is 0.328 e. The lowest BCUT2D eigenvalue weighted by atomic mass is 10.0. The Hall–Kier alpha value is -1.18. The Labute approximate surface area is 107 Å². The molecule has 2 atom stereocenters. The molecule has 18 heavy (non-hydrogen) atoms. The van der Waals surface area contributed by atoms with Crippen LogP contribution in [0.4, 0.5) is 5.69 Å². The average molecular weight is 248 g/mol. The third-order valence-corrected chi connectivity index (χ3v) is 3.59. The van der Waals surface area contributed by atoms with E-state index in [1.165, 1.54) is 11.3 Å². The van der Waals surface area contributed by atoms with Gasteiger partial charge in [-0.2, -0.15) is 0 Å². The normalized spacial score (nSPS) is 32.1. The van der Waals surface area contributed by atoms with Crippen LogP contribution in [-0.4, -0.2) is 25.4 Å². The fraction of sp³-hybridized carbons (Fsp3) is 0.500. The average Bonchev–Trinajstić information content (AvgIpc) is 2.38. The Balaban J connectivity index is 1.93. The summed E-state index contributed by atoms with van der Waals surface area (Å²) in [5.41, 5.74) is 14.8. The molecule has 2 aliphatic heterocycles. The summed E-state index contributed by atoms with van der Waals surface area (Å²) in [6, 6.07) is 8.38. The maximum absolute atomic E-state index is 6.42. The third-order valence-electron chi connectivity index (χ3n) is 3.59. The number of nitrogens with two attached hydrogens (primary N) is 2. The van der Waals surface area contributed by atoms with Crippen molar-refractivity contribution in [2.75, 3.05) is 18.1 Å². The predicted octanol–water partition coefficient (Wildman–Crippen LogP) is -1.01. The number of fused-ring (bicyclic) bond motifs is 1. The van der Waals surface area contributed by atoms with Gasteiger partial charge in [0.15, 0.2) is 0 Å². The van der Waals surface area contributed by atoms with Crippen LogP contribution in [0.25, 0.3) is 0 Å². The van der Waals surface area contributed by atoms with E-state index in [0.29, 0.717) is 6.67 Å². The molecule has 1 fully saturated rings. The lowest BCUT2D eigenvalue weighted by Crippen LogP contribution is -2.83. The van der Waals surface area contributed by atoms with E-state index in [9.17, 15) is 0 Å². The highest BCUT2D eigenvalue weighted by Gasteiger charge is 2.38. The summed E-state index contributed by atoms with van der Waals surface area (Å²) in [6.07, 6.45) is 1.90. The molecule has 0 aromatic heterocycles. The molecular formula is C12H20N6. The Morgan fingerprint density at radius 1 is 1.33 bits per heavy atom. The maximum Gasteiger partial charge on any atom is 0.206 e. The maximum atomic E-state index is 6.42. The van der Waals surface area contributed by atoms with E-state index in [2.05, 4.69) is 39.0 Å². The number of para-hydroxylation sites is 1. The Morgan fingerprint density at radius 2 is 2.17 bits per heavy atom. The molecule has 0 spiro atoms. The van der Waals surface area contributed by atoms with Crippen LogP contribution in [0.1, 0.15) is 12.0 Å². The van der Waals surface area contributed by atoms with Crippen molar-refractivity contribution in [1.29, 1.82) is 0 Å². The summed E-state index contributed by atoms with van der Waals surface area (Å²) < 4.78 is 0. The van der Waals surface area contributed by atoms with Crippen molar-refractivity contribution in [3.05, 3.63) is 29.8 Å². The summed E-state index contributed by atoms with van der Waals surface area (Å²) >= 11 is 0. The Morgan fingerprint density at radius 3 is 3.00 bits per heavy atom. The summed E-state index contributed by atoms with van der Waals surface area (Å²) in [7, 11) is 0. The molecule has 0 amide bonds. The number of nitrogens with zero attached hydrogens (tertiary/aromatic N) is 1. The van der Waals surface area contributed by atoms with Crippen LogP contribution < -0.4 is 32.3 Å². The molecule has 7 N–H and O–H groups in total. The van der Waals surface area contributed by atoms with Crippen LogP contribution in [0.2, 0.25) is 0 Å². The number of nitrogens with one attached hydrogen (secondary N) is 3. The summed E-state index contributed by atoms with van der Waals surface area (Å²) in [5, 5.41) is 9.45. The minimum absolute atomic E-state index is 0.301. The zero-order chi connectivity index (χ0) is 12.6. The molecule has 0 saturated carbocycles. The van der Waals surface area contributed by atoms with Gasteiger partial charge in [-0.25, -0.2) is 5.32 Å². The van der Waals surface area contributed by atoms with E-state index in [1.54, 1.807) is 0 Å². The molecule has 0 aliphatic carbocycles. The molecule has 0 radical (unpaired) electrons. The van der Waals surface area contributed by atoms with Crippen molar-refractivity contribution in [2.45, 2.75) is 25.0 Å². The van der Waals surface area contributed by atoms with Crippen LogP contribution in [0.15, 0.2) is 24.3 Å². The van der Waals surface area contributed by atoms with Crippen LogP contribution in [-0.2, 0) is 6.42 Å². The molecular weight excluding hydrogens is 228 g/mol. The zero-order valence-electron chi connectivity index (χ0n) is 10.3. The van der Waals surface area contributed by atoms with E-state index in [0.717, 1.165) is 19.4 Å². The summed E-state index contributed by atoms with van der Waals surface area (Å²) in [5.74, 6) is -0.790. The molecule has 3 rings (SSSR count). The van der Waals surface area contributed by atoms with E-state index in [1.807, 2.05) is 6.07 Å². The van der Waals surface area contributed by atoms with Gasteiger partial charge in [0.25, 0.3) is 0 Å². The molecule has 6 heteroatoms. The molecule has 2 aliphatic rings. The van der Waals surface area contributed by atoms with Crippen LogP contribution in [0, 0.1) is 0 Å². The topological polar surface area (TPSA) is 91.4 Å². The van der Waals surface area contributed by atoms with Crippen molar-refractivity contribution in [1.82, 2.24) is 16.0 Å². The SMILES string of the molecule is NC1NCNC(N)(N2CCCc3ccccc32)N1. The van der Waals surface area contributed by atoms with E-state index >= 15 is 0 Å². The first-order valence-electron chi connectivity index (χ1n) is 6.35. The van der Waals surface area contributed by atoms with E-state index in [-0.39, 0.29) is 6.29 Å². The van der Waals surface area contributed by atoms with Gasteiger partial charge in [0.1, 0.15) is 6.29 Å². The van der Waals surface area contributed by atoms with Crippen LogP contribution in [0.3, 0.4) is 0 Å². The van der Waals surface area contributed by atoms with Gasteiger partial charge in [-0.3, -0.25) is 16.4 Å². The Kier molecular flexibility index (Phi) is 2.96. The number of hydrogen-bond donors (Lipinski definition) is 5. The lowest BCUT2D eigenvalue weighted by Gasteiger charge is -2.49. The first kappa shape index (κ1) is 11.9. The number of aryl methyl sites for hydroxylation is 1. The molecule has 1 aromatic rings.